The van der Waals surface area contributed by atoms with Crippen molar-refractivity contribution in [2.75, 3.05) is 45.9 Å². The molecule has 0 radical (unpaired) electrons. The van der Waals surface area contributed by atoms with Gasteiger partial charge < -0.3 is 15.0 Å². The molecule has 1 unspecified atom stereocenters. The van der Waals surface area contributed by atoms with Crippen molar-refractivity contribution in [3.8, 4) is 0 Å². The molecule has 2 aliphatic heterocycles. The standard InChI is InChI=1S/C14H25N3O2/c18-14(16-7-9-19-10-8-16)3-5-15-12-4-6-17(11-12)13-1-2-13/h12-13,15H,1-11H2. The fourth-order valence-electron chi connectivity index (χ4n) is 3.08. The van der Waals surface area contributed by atoms with Crippen LogP contribution in [0.15, 0.2) is 0 Å². The van der Waals surface area contributed by atoms with Gasteiger partial charge in [-0.3, -0.25) is 9.69 Å². The Hall–Kier alpha value is -0.650. The zero-order chi connectivity index (χ0) is 13.1. The number of hydrogen-bond acceptors (Lipinski definition) is 4. The molecule has 3 fully saturated rings. The number of ether oxygens (including phenoxy) is 1. The van der Waals surface area contributed by atoms with Gasteiger partial charge in [0.05, 0.1) is 13.2 Å². The van der Waals surface area contributed by atoms with Crippen molar-refractivity contribution in [1.29, 1.82) is 0 Å². The fraction of sp³-hybridized carbons (Fsp3) is 0.929. The first kappa shape index (κ1) is 13.3. The summed E-state index contributed by atoms with van der Waals surface area (Å²) >= 11 is 0. The zero-order valence-electron chi connectivity index (χ0n) is 11.6. The summed E-state index contributed by atoms with van der Waals surface area (Å²) < 4.78 is 5.26. The molecule has 2 heterocycles. The van der Waals surface area contributed by atoms with Crippen LogP contribution in [-0.2, 0) is 9.53 Å². The molecule has 1 aliphatic carbocycles. The van der Waals surface area contributed by atoms with Crippen LogP contribution in [0.4, 0.5) is 0 Å². The molecule has 0 aromatic carbocycles. The molecule has 3 aliphatic rings. The Morgan fingerprint density at radius 1 is 1.16 bits per heavy atom. The molecule has 1 amide bonds. The predicted molar refractivity (Wildman–Crippen MR) is 73.0 cm³/mol. The van der Waals surface area contributed by atoms with Crippen molar-refractivity contribution in [1.82, 2.24) is 15.1 Å². The Morgan fingerprint density at radius 3 is 2.68 bits per heavy atom. The van der Waals surface area contributed by atoms with E-state index in [0.29, 0.717) is 25.7 Å². The minimum atomic E-state index is 0.271. The Bertz CT molecular complexity index is 314. The molecule has 1 atom stereocenters. The van der Waals surface area contributed by atoms with Gasteiger partial charge in [0.2, 0.25) is 5.91 Å². The van der Waals surface area contributed by atoms with Crippen LogP contribution >= 0.6 is 0 Å². The molecule has 0 aromatic rings. The molecule has 108 valence electrons. The summed E-state index contributed by atoms with van der Waals surface area (Å²) in [5, 5.41) is 3.54. The van der Waals surface area contributed by atoms with Crippen LogP contribution in [0.5, 0.6) is 0 Å². The number of likely N-dealkylation sites (tertiary alicyclic amines) is 1. The van der Waals surface area contributed by atoms with Gasteiger partial charge in [0.15, 0.2) is 0 Å². The number of nitrogens with zero attached hydrogens (tertiary/aromatic N) is 2. The Labute approximate surface area is 115 Å². The molecule has 0 aromatic heterocycles. The van der Waals surface area contributed by atoms with E-state index in [0.717, 1.165) is 25.7 Å². The highest BCUT2D eigenvalue weighted by Crippen LogP contribution is 2.29. The summed E-state index contributed by atoms with van der Waals surface area (Å²) in [6.45, 7) is 6.14. The monoisotopic (exact) mass is 267 g/mol. The average molecular weight is 267 g/mol. The van der Waals surface area contributed by atoms with E-state index in [4.69, 9.17) is 4.74 Å². The number of carbonyl (C=O) groups excluding carboxylic acids is 1. The first-order valence-electron chi connectivity index (χ1n) is 7.66. The molecule has 0 bridgehead atoms. The number of amides is 1. The number of morpholine rings is 1. The lowest BCUT2D eigenvalue weighted by atomic mass is 10.2. The van der Waals surface area contributed by atoms with Crippen LogP contribution in [0.3, 0.4) is 0 Å². The maximum Gasteiger partial charge on any atom is 0.224 e. The first-order valence-corrected chi connectivity index (χ1v) is 7.66. The third-order valence-corrected chi connectivity index (χ3v) is 4.42. The summed E-state index contributed by atoms with van der Waals surface area (Å²) in [6, 6.07) is 1.47. The molecule has 3 rings (SSSR count). The summed E-state index contributed by atoms with van der Waals surface area (Å²) in [5.41, 5.74) is 0. The van der Waals surface area contributed by atoms with E-state index in [-0.39, 0.29) is 5.91 Å². The van der Waals surface area contributed by atoms with Crippen molar-refractivity contribution in [3.05, 3.63) is 0 Å². The van der Waals surface area contributed by atoms with Crippen molar-refractivity contribution < 1.29 is 9.53 Å². The number of nitrogens with one attached hydrogen (secondary N) is 1. The van der Waals surface area contributed by atoms with Crippen LogP contribution < -0.4 is 5.32 Å². The lowest BCUT2D eigenvalue weighted by Gasteiger charge is -2.27. The average Bonchev–Trinajstić information content (AvgIpc) is 3.20. The van der Waals surface area contributed by atoms with Gasteiger partial charge >= 0.3 is 0 Å². The maximum atomic E-state index is 12.0. The minimum absolute atomic E-state index is 0.271. The normalized spacial score (nSPS) is 28.8. The minimum Gasteiger partial charge on any atom is -0.378 e. The summed E-state index contributed by atoms with van der Waals surface area (Å²) in [7, 11) is 0. The smallest absolute Gasteiger partial charge is 0.224 e. The lowest BCUT2D eigenvalue weighted by molar-refractivity contribution is -0.135. The van der Waals surface area contributed by atoms with Crippen LogP contribution in [-0.4, -0.2) is 73.7 Å². The predicted octanol–water partition coefficient (Wildman–Crippen LogP) is 0.0616. The second kappa shape index (κ2) is 6.20. The lowest BCUT2D eigenvalue weighted by Crippen LogP contribution is -2.42. The number of hydrogen-bond donors (Lipinski definition) is 1. The van der Waals surface area contributed by atoms with E-state index < -0.39 is 0 Å². The van der Waals surface area contributed by atoms with Crippen LogP contribution in [0, 0.1) is 0 Å². The zero-order valence-corrected chi connectivity index (χ0v) is 11.6. The van der Waals surface area contributed by atoms with Gasteiger partial charge in [-0.1, -0.05) is 0 Å². The van der Waals surface area contributed by atoms with E-state index in [1.807, 2.05) is 4.90 Å². The van der Waals surface area contributed by atoms with Gasteiger partial charge in [-0.15, -0.1) is 0 Å². The van der Waals surface area contributed by atoms with Gasteiger partial charge in [-0.25, -0.2) is 0 Å². The Morgan fingerprint density at radius 2 is 1.95 bits per heavy atom. The Balaban J connectivity index is 1.30. The third kappa shape index (κ3) is 3.68. The number of rotatable bonds is 5. The quantitative estimate of drug-likeness (QED) is 0.765. The molecule has 2 saturated heterocycles. The Kier molecular flexibility index (Phi) is 4.35. The topological polar surface area (TPSA) is 44.8 Å². The number of carbonyl (C=O) groups is 1. The highest BCUT2D eigenvalue weighted by Gasteiger charge is 2.34. The van der Waals surface area contributed by atoms with Crippen molar-refractivity contribution in [2.24, 2.45) is 0 Å². The molecule has 19 heavy (non-hydrogen) atoms. The van der Waals surface area contributed by atoms with Gasteiger partial charge in [0.25, 0.3) is 0 Å². The van der Waals surface area contributed by atoms with E-state index in [2.05, 4.69) is 10.2 Å². The summed E-state index contributed by atoms with van der Waals surface area (Å²) in [6.07, 6.45) is 4.65. The van der Waals surface area contributed by atoms with Crippen LogP contribution in [0.25, 0.3) is 0 Å². The summed E-state index contributed by atoms with van der Waals surface area (Å²) in [5.74, 6) is 0.271. The van der Waals surface area contributed by atoms with E-state index >= 15 is 0 Å². The van der Waals surface area contributed by atoms with E-state index in [1.54, 1.807) is 0 Å². The largest absolute Gasteiger partial charge is 0.378 e. The van der Waals surface area contributed by atoms with Crippen molar-refractivity contribution in [2.45, 2.75) is 37.8 Å². The molecule has 5 heteroatoms. The second-order valence-corrected chi connectivity index (χ2v) is 5.91. The highest BCUT2D eigenvalue weighted by atomic mass is 16.5. The van der Waals surface area contributed by atoms with Crippen molar-refractivity contribution >= 4 is 5.91 Å². The van der Waals surface area contributed by atoms with Crippen LogP contribution in [0.1, 0.15) is 25.7 Å². The third-order valence-electron chi connectivity index (χ3n) is 4.42. The van der Waals surface area contributed by atoms with Crippen LogP contribution in [0.2, 0.25) is 0 Å². The van der Waals surface area contributed by atoms with Gasteiger partial charge in [0, 0.05) is 51.2 Å². The highest BCUT2D eigenvalue weighted by molar-refractivity contribution is 5.76. The SMILES string of the molecule is O=C(CCNC1CCN(C2CC2)C1)N1CCOCC1. The molecule has 5 nitrogen and oxygen atoms in total. The molecule has 1 saturated carbocycles. The fourth-order valence-corrected chi connectivity index (χ4v) is 3.08. The molecule has 0 spiro atoms. The molecular weight excluding hydrogens is 242 g/mol. The molecule has 1 N–H and O–H groups in total. The van der Waals surface area contributed by atoms with E-state index in [9.17, 15) is 4.79 Å². The van der Waals surface area contributed by atoms with E-state index in [1.165, 1.54) is 32.4 Å². The van der Waals surface area contributed by atoms with Gasteiger partial charge in [0.1, 0.15) is 0 Å². The maximum absolute atomic E-state index is 12.0. The summed E-state index contributed by atoms with van der Waals surface area (Å²) in [4.78, 5) is 16.5. The molecular formula is C14H25N3O2. The van der Waals surface area contributed by atoms with Gasteiger partial charge in [-0.2, -0.15) is 0 Å². The van der Waals surface area contributed by atoms with Gasteiger partial charge in [-0.05, 0) is 19.3 Å². The second-order valence-electron chi connectivity index (χ2n) is 5.91. The van der Waals surface area contributed by atoms with Crippen molar-refractivity contribution in [3.63, 3.8) is 0 Å². The first-order chi connectivity index (χ1) is 9.33.